The number of fused-ring (bicyclic) bond motifs is 1. The fraction of sp³-hybridized carbons (Fsp3) is 0.118. The van der Waals surface area contributed by atoms with E-state index in [-0.39, 0.29) is 11.0 Å². The van der Waals surface area contributed by atoms with Crippen LogP contribution in [-0.4, -0.2) is 15.9 Å². The minimum Gasteiger partial charge on any atom is -0.360 e. The van der Waals surface area contributed by atoms with Crippen molar-refractivity contribution in [2.75, 3.05) is 0 Å². The lowest BCUT2D eigenvalue weighted by atomic mass is 10.1. The third-order valence-electron chi connectivity index (χ3n) is 3.54. The molecule has 3 aromatic rings. The van der Waals surface area contributed by atoms with Crippen LogP contribution in [0.5, 0.6) is 0 Å². The predicted octanol–water partition coefficient (Wildman–Crippen LogP) is 2.16. The van der Waals surface area contributed by atoms with Gasteiger partial charge in [-0.3, -0.25) is 14.6 Å². The Labute approximate surface area is 127 Å². The molecule has 0 fully saturated rings. The molecule has 0 aliphatic rings. The number of aromatic amines is 1. The minimum absolute atomic E-state index is 0.113. The molecule has 2 heterocycles. The summed E-state index contributed by atoms with van der Waals surface area (Å²) in [4.78, 5) is 31.7. The van der Waals surface area contributed by atoms with Gasteiger partial charge in [0.2, 0.25) is 5.43 Å². The second kappa shape index (κ2) is 5.81. The summed E-state index contributed by atoms with van der Waals surface area (Å²) in [6.45, 7) is 2.25. The standard InChI is InChI=1S/C17H15N3O2/c1-11-4-2-6-13-15(11)19-10-14(16(13)21)17(22)20-9-12-5-3-7-18-8-12/h2-8,10H,9H2,1H3,(H,19,21)(H,20,22). The Morgan fingerprint density at radius 2 is 2.14 bits per heavy atom. The Kier molecular flexibility index (Phi) is 3.70. The molecule has 0 spiro atoms. The maximum absolute atomic E-state index is 12.4. The highest BCUT2D eigenvalue weighted by Gasteiger charge is 2.13. The molecule has 3 rings (SSSR count). The number of hydrogen-bond donors (Lipinski definition) is 2. The van der Waals surface area contributed by atoms with E-state index in [2.05, 4.69) is 15.3 Å². The Hall–Kier alpha value is -2.95. The lowest BCUT2D eigenvalue weighted by Crippen LogP contribution is -2.28. The van der Waals surface area contributed by atoms with Gasteiger partial charge >= 0.3 is 0 Å². The molecular formula is C17H15N3O2. The number of H-pyrrole nitrogens is 1. The maximum atomic E-state index is 12.4. The average molecular weight is 293 g/mol. The summed E-state index contributed by atoms with van der Waals surface area (Å²) in [6.07, 6.45) is 4.81. The summed E-state index contributed by atoms with van der Waals surface area (Å²) in [7, 11) is 0. The van der Waals surface area contributed by atoms with Crippen molar-refractivity contribution in [2.45, 2.75) is 13.5 Å². The second-order valence-electron chi connectivity index (χ2n) is 5.07. The molecule has 0 unspecified atom stereocenters. The third kappa shape index (κ3) is 2.61. The fourth-order valence-corrected chi connectivity index (χ4v) is 2.35. The summed E-state index contributed by atoms with van der Waals surface area (Å²) < 4.78 is 0. The zero-order chi connectivity index (χ0) is 15.5. The van der Waals surface area contributed by atoms with Gasteiger partial charge < -0.3 is 10.3 Å². The normalized spacial score (nSPS) is 10.6. The first-order valence-corrected chi connectivity index (χ1v) is 6.95. The zero-order valence-electron chi connectivity index (χ0n) is 12.1. The smallest absolute Gasteiger partial charge is 0.257 e. The SMILES string of the molecule is Cc1cccc2c(=O)c(C(=O)NCc3cccnc3)c[nH]c12. The zero-order valence-corrected chi connectivity index (χ0v) is 12.1. The van der Waals surface area contributed by atoms with Gasteiger partial charge in [0.05, 0.1) is 5.52 Å². The van der Waals surface area contributed by atoms with E-state index in [1.54, 1.807) is 24.5 Å². The first-order valence-electron chi connectivity index (χ1n) is 6.95. The van der Waals surface area contributed by atoms with E-state index in [1.807, 2.05) is 25.1 Å². The molecule has 2 N–H and O–H groups in total. The van der Waals surface area contributed by atoms with E-state index in [0.717, 1.165) is 16.6 Å². The molecule has 0 atom stereocenters. The lowest BCUT2D eigenvalue weighted by molar-refractivity contribution is 0.0949. The van der Waals surface area contributed by atoms with Crippen LogP contribution in [-0.2, 0) is 6.54 Å². The van der Waals surface area contributed by atoms with Gasteiger partial charge in [0.25, 0.3) is 5.91 Å². The number of carbonyl (C=O) groups excluding carboxylic acids is 1. The molecule has 0 saturated heterocycles. The number of para-hydroxylation sites is 1. The van der Waals surface area contributed by atoms with Crippen molar-refractivity contribution in [3.8, 4) is 0 Å². The summed E-state index contributed by atoms with van der Waals surface area (Å²) in [5.74, 6) is -0.395. The molecule has 110 valence electrons. The molecule has 5 heteroatoms. The molecule has 1 amide bonds. The van der Waals surface area contributed by atoms with Crippen molar-refractivity contribution in [3.63, 3.8) is 0 Å². The number of rotatable bonds is 3. The molecule has 22 heavy (non-hydrogen) atoms. The highest BCUT2D eigenvalue weighted by atomic mass is 16.2. The van der Waals surface area contributed by atoms with Crippen molar-refractivity contribution in [1.82, 2.24) is 15.3 Å². The highest BCUT2D eigenvalue weighted by Crippen LogP contribution is 2.12. The van der Waals surface area contributed by atoms with Crippen molar-refractivity contribution in [3.05, 3.63) is 75.8 Å². The molecule has 5 nitrogen and oxygen atoms in total. The van der Waals surface area contributed by atoms with Gasteiger partial charge in [0.15, 0.2) is 0 Å². The average Bonchev–Trinajstić information content (AvgIpc) is 2.55. The van der Waals surface area contributed by atoms with Crippen LogP contribution in [0.3, 0.4) is 0 Å². The van der Waals surface area contributed by atoms with E-state index >= 15 is 0 Å². The Morgan fingerprint density at radius 1 is 1.27 bits per heavy atom. The van der Waals surface area contributed by atoms with Crippen LogP contribution in [0.15, 0.2) is 53.7 Å². The van der Waals surface area contributed by atoms with Crippen LogP contribution in [0, 0.1) is 6.92 Å². The van der Waals surface area contributed by atoms with Gasteiger partial charge in [-0.2, -0.15) is 0 Å². The van der Waals surface area contributed by atoms with Crippen molar-refractivity contribution >= 4 is 16.8 Å². The van der Waals surface area contributed by atoms with Crippen LogP contribution < -0.4 is 10.7 Å². The fourth-order valence-electron chi connectivity index (χ4n) is 2.35. The molecular weight excluding hydrogens is 278 g/mol. The highest BCUT2D eigenvalue weighted by molar-refractivity contribution is 5.97. The molecule has 1 aromatic carbocycles. The minimum atomic E-state index is -0.395. The number of aromatic nitrogens is 2. The van der Waals surface area contributed by atoms with Crippen LogP contribution >= 0.6 is 0 Å². The van der Waals surface area contributed by atoms with Crippen molar-refractivity contribution < 1.29 is 4.79 Å². The van der Waals surface area contributed by atoms with Crippen LogP contribution in [0.25, 0.3) is 10.9 Å². The number of nitrogens with one attached hydrogen (secondary N) is 2. The first kappa shape index (κ1) is 14.0. The number of aryl methyl sites for hydroxylation is 1. The maximum Gasteiger partial charge on any atom is 0.257 e. The number of pyridine rings is 2. The summed E-state index contributed by atoms with van der Waals surface area (Å²) >= 11 is 0. The lowest BCUT2D eigenvalue weighted by Gasteiger charge is -2.07. The molecule has 0 aliphatic heterocycles. The van der Waals surface area contributed by atoms with E-state index in [9.17, 15) is 9.59 Å². The summed E-state index contributed by atoms with van der Waals surface area (Å²) in [5.41, 5.74) is 2.46. The second-order valence-corrected chi connectivity index (χ2v) is 5.07. The summed E-state index contributed by atoms with van der Waals surface area (Å²) in [5, 5.41) is 3.26. The molecule has 0 bridgehead atoms. The quantitative estimate of drug-likeness (QED) is 0.777. The van der Waals surface area contributed by atoms with Gasteiger partial charge in [-0.25, -0.2) is 0 Å². The largest absolute Gasteiger partial charge is 0.360 e. The predicted molar refractivity (Wildman–Crippen MR) is 84.7 cm³/mol. The van der Waals surface area contributed by atoms with E-state index in [4.69, 9.17) is 0 Å². The van der Waals surface area contributed by atoms with E-state index in [0.29, 0.717) is 11.9 Å². The van der Waals surface area contributed by atoms with Crippen molar-refractivity contribution in [1.29, 1.82) is 0 Å². The van der Waals surface area contributed by atoms with Crippen LogP contribution in [0.2, 0.25) is 0 Å². The Morgan fingerprint density at radius 3 is 2.91 bits per heavy atom. The Bertz CT molecular complexity index is 885. The first-order chi connectivity index (χ1) is 10.7. The number of hydrogen-bond acceptors (Lipinski definition) is 3. The number of benzene rings is 1. The van der Waals surface area contributed by atoms with E-state index < -0.39 is 5.91 Å². The van der Waals surface area contributed by atoms with Gasteiger partial charge in [-0.1, -0.05) is 18.2 Å². The third-order valence-corrected chi connectivity index (χ3v) is 3.54. The topological polar surface area (TPSA) is 74.8 Å². The van der Waals surface area contributed by atoms with Gasteiger partial charge in [-0.05, 0) is 30.2 Å². The monoisotopic (exact) mass is 293 g/mol. The van der Waals surface area contributed by atoms with E-state index in [1.165, 1.54) is 6.20 Å². The molecule has 0 radical (unpaired) electrons. The number of nitrogens with zero attached hydrogens (tertiary/aromatic N) is 1. The number of carbonyl (C=O) groups is 1. The van der Waals surface area contributed by atoms with Gasteiger partial charge in [-0.15, -0.1) is 0 Å². The van der Waals surface area contributed by atoms with Crippen LogP contribution in [0.4, 0.5) is 0 Å². The molecule has 2 aromatic heterocycles. The van der Waals surface area contributed by atoms with Gasteiger partial charge in [0.1, 0.15) is 5.56 Å². The molecule has 0 aliphatic carbocycles. The van der Waals surface area contributed by atoms with Crippen molar-refractivity contribution in [2.24, 2.45) is 0 Å². The summed E-state index contributed by atoms with van der Waals surface area (Å²) in [6, 6.07) is 9.11. The Balaban J connectivity index is 1.88. The van der Waals surface area contributed by atoms with Gasteiger partial charge in [0, 0.05) is 30.5 Å². The number of amides is 1. The van der Waals surface area contributed by atoms with Crippen LogP contribution in [0.1, 0.15) is 21.5 Å². The molecule has 0 saturated carbocycles.